The van der Waals surface area contributed by atoms with E-state index in [1.807, 2.05) is 24.3 Å². The third kappa shape index (κ3) is 2.68. The van der Waals surface area contributed by atoms with Gasteiger partial charge in [-0.2, -0.15) is 4.98 Å². The smallest absolute Gasteiger partial charge is 0.239 e. The molecule has 6 heteroatoms. The largest absolute Gasteiger partial charge is 0.437 e. The van der Waals surface area contributed by atoms with Crippen LogP contribution < -0.4 is 16.0 Å². The van der Waals surface area contributed by atoms with Crippen LogP contribution in [0.4, 0.5) is 5.82 Å². The normalized spacial score (nSPS) is 9.88. The summed E-state index contributed by atoms with van der Waals surface area (Å²) in [7, 11) is 0. The summed E-state index contributed by atoms with van der Waals surface area (Å²) >= 11 is 3.36. The van der Waals surface area contributed by atoms with Crippen LogP contribution in [0.15, 0.2) is 41.1 Å². The van der Waals surface area contributed by atoms with Crippen LogP contribution in [0.3, 0.4) is 0 Å². The van der Waals surface area contributed by atoms with Crippen molar-refractivity contribution in [2.24, 2.45) is 5.84 Å². The molecule has 1 heterocycles. The number of nitrogens with zero attached hydrogens (tertiary/aromatic N) is 2. The monoisotopic (exact) mass is 280 g/mol. The van der Waals surface area contributed by atoms with Gasteiger partial charge in [-0.25, -0.2) is 5.84 Å². The van der Waals surface area contributed by atoms with E-state index >= 15 is 0 Å². The van der Waals surface area contributed by atoms with Gasteiger partial charge in [-0.05, 0) is 18.2 Å². The Labute approximate surface area is 101 Å². The van der Waals surface area contributed by atoms with Crippen LogP contribution in [-0.4, -0.2) is 9.97 Å². The molecule has 0 aliphatic carbocycles. The van der Waals surface area contributed by atoms with Gasteiger partial charge in [-0.1, -0.05) is 22.0 Å². The highest BCUT2D eigenvalue weighted by atomic mass is 79.9. The first-order chi connectivity index (χ1) is 7.78. The van der Waals surface area contributed by atoms with Crippen molar-refractivity contribution in [3.8, 4) is 11.6 Å². The van der Waals surface area contributed by atoms with Crippen LogP contribution >= 0.6 is 15.9 Å². The first kappa shape index (κ1) is 10.8. The first-order valence-electron chi connectivity index (χ1n) is 4.50. The molecular weight excluding hydrogens is 272 g/mol. The Morgan fingerprint density at radius 1 is 1.31 bits per heavy atom. The van der Waals surface area contributed by atoms with Crippen molar-refractivity contribution in [1.29, 1.82) is 0 Å². The molecule has 0 bridgehead atoms. The van der Waals surface area contributed by atoms with Gasteiger partial charge >= 0.3 is 0 Å². The predicted molar refractivity (Wildman–Crippen MR) is 64.1 cm³/mol. The minimum absolute atomic E-state index is 0.383. The number of benzene rings is 1. The molecule has 1 aromatic carbocycles. The van der Waals surface area contributed by atoms with Crippen molar-refractivity contribution in [3.63, 3.8) is 0 Å². The zero-order valence-corrected chi connectivity index (χ0v) is 9.81. The lowest BCUT2D eigenvalue weighted by Crippen LogP contribution is -2.08. The molecule has 2 rings (SSSR count). The molecule has 0 fully saturated rings. The maximum atomic E-state index is 5.50. The van der Waals surface area contributed by atoms with Gasteiger partial charge < -0.3 is 10.2 Å². The molecule has 0 aliphatic heterocycles. The van der Waals surface area contributed by atoms with E-state index in [9.17, 15) is 0 Å². The molecule has 2 aromatic rings. The van der Waals surface area contributed by atoms with E-state index in [1.54, 1.807) is 0 Å². The summed E-state index contributed by atoms with van der Waals surface area (Å²) in [6, 6.07) is 7.45. The van der Waals surface area contributed by atoms with Gasteiger partial charge in [0.15, 0.2) is 5.82 Å². The molecule has 0 saturated heterocycles. The van der Waals surface area contributed by atoms with Crippen LogP contribution in [-0.2, 0) is 0 Å². The average molecular weight is 281 g/mol. The van der Waals surface area contributed by atoms with E-state index in [4.69, 9.17) is 10.6 Å². The quantitative estimate of drug-likeness (QED) is 0.667. The van der Waals surface area contributed by atoms with Crippen molar-refractivity contribution in [2.45, 2.75) is 0 Å². The highest BCUT2D eigenvalue weighted by Crippen LogP contribution is 2.22. The SMILES string of the molecule is NNc1cncc(Oc2cccc(Br)c2)n1. The second-order valence-electron chi connectivity index (χ2n) is 2.95. The van der Waals surface area contributed by atoms with Crippen molar-refractivity contribution in [1.82, 2.24) is 9.97 Å². The van der Waals surface area contributed by atoms with Crippen molar-refractivity contribution in [3.05, 3.63) is 41.1 Å². The summed E-state index contributed by atoms with van der Waals surface area (Å²) in [5.41, 5.74) is 2.40. The zero-order valence-electron chi connectivity index (χ0n) is 8.22. The fourth-order valence-corrected chi connectivity index (χ4v) is 1.50. The third-order valence-corrected chi connectivity index (χ3v) is 2.27. The lowest BCUT2D eigenvalue weighted by atomic mass is 10.3. The Morgan fingerprint density at radius 2 is 2.19 bits per heavy atom. The fourth-order valence-electron chi connectivity index (χ4n) is 1.12. The van der Waals surface area contributed by atoms with Gasteiger partial charge in [0, 0.05) is 4.47 Å². The summed E-state index contributed by atoms with van der Waals surface area (Å²) in [5.74, 6) is 6.73. The van der Waals surface area contributed by atoms with E-state index in [0.717, 1.165) is 4.47 Å². The summed E-state index contributed by atoms with van der Waals surface area (Å²) < 4.78 is 6.44. The molecule has 3 N–H and O–H groups in total. The average Bonchev–Trinajstić information content (AvgIpc) is 2.29. The van der Waals surface area contributed by atoms with Crippen LogP contribution in [0.5, 0.6) is 11.6 Å². The topological polar surface area (TPSA) is 73.1 Å². The second kappa shape index (κ2) is 4.91. The Hall–Kier alpha value is -1.66. The Morgan fingerprint density at radius 3 is 2.94 bits per heavy atom. The first-order valence-corrected chi connectivity index (χ1v) is 5.29. The van der Waals surface area contributed by atoms with Gasteiger partial charge in [-0.15, -0.1) is 0 Å². The lowest BCUT2D eigenvalue weighted by molar-refractivity contribution is 0.460. The zero-order chi connectivity index (χ0) is 11.4. The number of nitrogen functional groups attached to an aromatic ring is 1. The van der Waals surface area contributed by atoms with Crippen molar-refractivity contribution >= 4 is 21.7 Å². The highest BCUT2D eigenvalue weighted by molar-refractivity contribution is 9.10. The van der Waals surface area contributed by atoms with Crippen molar-refractivity contribution < 1.29 is 4.74 Å². The second-order valence-corrected chi connectivity index (χ2v) is 3.86. The number of ether oxygens (including phenoxy) is 1. The number of nitrogens with one attached hydrogen (secondary N) is 1. The van der Waals surface area contributed by atoms with E-state index in [-0.39, 0.29) is 0 Å². The molecule has 0 aliphatic rings. The van der Waals surface area contributed by atoms with Crippen LogP contribution in [0.1, 0.15) is 0 Å². The summed E-state index contributed by atoms with van der Waals surface area (Å²) in [5, 5.41) is 0. The Bertz CT molecular complexity index is 492. The molecule has 82 valence electrons. The number of hydrazine groups is 1. The number of nitrogens with two attached hydrogens (primary N) is 1. The molecule has 0 spiro atoms. The number of aromatic nitrogens is 2. The van der Waals surface area contributed by atoms with Gasteiger partial charge in [0.05, 0.1) is 12.4 Å². The standard InChI is InChI=1S/C10H9BrN4O/c11-7-2-1-3-8(4-7)16-10-6-13-5-9(14-10)15-12/h1-6H,12H2,(H,14,15). The molecular formula is C10H9BrN4O. The van der Waals surface area contributed by atoms with Crippen LogP contribution in [0.25, 0.3) is 0 Å². The molecule has 0 unspecified atom stereocenters. The molecule has 0 radical (unpaired) electrons. The number of hydrogen-bond acceptors (Lipinski definition) is 5. The highest BCUT2D eigenvalue weighted by Gasteiger charge is 2.00. The third-order valence-electron chi connectivity index (χ3n) is 1.78. The number of halogens is 1. The van der Waals surface area contributed by atoms with E-state index in [1.165, 1.54) is 12.4 Å². The van der Waals surface area contributed by atoms with E-state index in [0.29, 0.717) is 17.4 Å². The Kier molecular flexibility index (Phi) is 3.33. The molecule has 5 nitrogen and oxygen atoms in total. The predicted octanol–water partition coefficient (Wildman–Crippen LogP) is 2.32. The summed E-state index contributed by atoms with van der Waals surface area (Å²) in [4.78, 5) is 8.01. The van der Waals surface area contributed by atoms with Gasteiger partial charge in [-0.3, -0.25) is 4.98 Å². The number of rotatable bonds is 3. The minimum atomic E-state index is 0.383. The van der Waals surface area contributed by atoms with Crippen LogP contribution in [0, 0.1) is 0 Å². The minimum Gasteiger partial charge on any atom is -0.437 e. The lowest BCUT2D eigenvalue weighted by Gasteiger charge is -2.05. The summed E-state index contributed by atoms with van der Waals surface area (Å²) in [6.07, 6.45) is 3.02. The van der Waals surface area contributed by atoms with Gasteiger partial charge in [0.25, 0.3) is 0 Å². The summed E-state index contributed by atoms with van der Waals surface area (Å²) in [6.45, 7) is 0. The maximum Gasteiger partial charge on any atom is 0.239 e. The molecule has 16 heavy (non-hydrogen) atoms. The fraction of sp³-hybridized carbons (Fsp3) is 0. The molecule has 0 saturated carbocycles. The number of anilines is 1. The van der Waals surface area contributed by atoms with Crippen LogP contribution in [0.2, 0.25) is 0 Å². The molecule has 0 amide bonds. The Balaban J connectivity index is 2.20. The maximum absolute atomic E-state index is 5.50. The van der Waals surface area contributed by atoms with Gasteiger partial charge in [0.1, 0.15) is 5.75 Å². The van der Waals surface area contributed by atoms with Gasteiger partial charge in [0.2, 0.25) is 5.88 Å². The molecule has 1 aromatic heterocycles. The van der Waals surface area contributed by atoms with Crippen molar-refractivity contribution in [2.75, 3.05) is 5.43 Å². The molecule has 0 atom stereocenters. The van der Waals surface area contributed by atoms with E-state index in [2.05, 4.69) is 31.3 Å². The number of hydrogen-bond donors (Lipinski definition) is 2. The van der Waals surface area contributed by atoms with E-state index < -0.39 is 0 Å².